The maximum Gasteiger partial charge on any atom is 0.643 e. The van der Waals surface area contributed by atoms with Crippen molar-refractivity contribution in [2.24, 2.45) is 0 Å². The van der Waals surface area contributed by atoms with Crippen molar-refractivity contribution in [2.75, 3.05) is 0 Å². The van der Waals surface area contributed by atoms with Gasteiger partial charge in [-0.05, 0) is 46.6 Å². The number of hydrogen-bond acceptors (Lipinski definition) is 8. The van der Waals surface area contributed by atoms with Gasteiger partial charge in [-0.25, -0.2) is 30.1 Å². The van der Waals surface area contributed by atoms with Crippen molar-refractivity contribution in [3.8, 4) is 0 Å². The fraction of sp³-hybridized carbons (Fsp3) is 0. The summed E-state index contributed by atoms with van der Waals surface area (Å²) in [5.74, 6) is -0.413. The Morgan fingerprint density at radius 3 is 1.56 bits per heavy atom. The highest BCUT2D eigenvalue weighted by Gasteiger charge is 2.20. The average molecular weight is 774 g/mol. The third-order valence-electron chi connectivity index (χ3n) is 4.09. The molecule has 2 aromatic heterocycles. The lowest BCUT2D eigenvalue weighted by Gasteiger charge is -2.02. The Balaban J connectivity index is 0.000000316. The maximum atomic E-state index is 12.1. The Kier molecular flexibility index (Phi) is 17.7. The van der Waals surface area contributed by atoms with Crippen LogP contribution in [0.5, 0.6) is 0 Å². The van der Waals surface area contributed by atoms with Crippen LogP contribution in [0.4, 0.5) is 11.4 Å². The molecule has 2 aromatic carbocycles. The molecule has 0 atom stereocenters. The minimum Gasteiger partial charge on any atom is -0.288 e. The number of non-ortho nitro benzene ring substituents is 2. The normalized spacial score (nSPS) is 9.56. The second-order valence-electron chi connectivity index (χ2n) is 6.73. The second kappa shape index (κ2) is 19.2. The summed E-state index contributed by atoms with van der Waals surface area (Å²) < 4.78 is 0. The van der Waals surface area contributed by atoms with E-state index in [1.165, 1.54) is 35.6 Å². The molecule has 216 valence electrons. The van der Waals surface area contributed by atoms with Gasteiger partial charge in [0.25, 0.3) is 16.6 Å². The van der Waals surface area contributed by atoms with Crippen molar-refractivity contribution < 1.29 is 19.4 Å². The quantitative estimate of drug-likeness (QED) is 0.0654. The van der Waals surface area contributed by atoms with Crippen LogP contribution in [0.3, 0.4) is 0 Å². The summed E-state index contributed by atoms with van der Waals surface area (Å²) in [6.07, 6.45) is 0. The summed E-state index contributed by atoms with van der Waals surface area (Å²) in [5, 5.41) is 27.1. The number of carbonyl (C=O) groups is 2. The molecule has 4 rings (SSSR count). The molecule has 0 spiro atoms. The molecule has 0 N–H and O–H groups in total. The molecule has 8 nitrogen and oxygen atoms in total. The van der Waals surface area contributed by atoms with Gasteiger partial charge < -0.3 is 0 Å². The SMILES string of the molecule is Clc1ccsc1.O=C(Cl)c1cc([N+](=O)[O-])ccc1Cl.O=C(c1cc([N+](=O)[O-])ccc1Cl)c1sccc1Cl.[Cl][Al]([Cl])[Cl]. The number of benzene rings is 2. The zero-order valence-corrected chi connectivity index (χ0v) is 28.4. The standard InChI is InChI=1S/C11H5Cl2NO3S.C7H3Cl2NO3.C4H3ClS.Al.3ClH/c12-8-2-1-6(14(16)17)5-7(8)10(15)11-9(13)3-4-18-11;8-6-2-1-4(10(12)13)3-5(6)7(9)11;5-4-1-2-6-3-4;;;;/h1-5H;1-3H;1-3H;;3*1H/q;;;+3;;;/p-3. The summed E-state index contributed by atoms with van der Waals surface area (Å²) in [4.78, 5) is 42.9. The highest BCUT2D eigenvalue weighted by atomic mass is 35.8. The van der Waals surface area contributed by atoms with Gasteiger partial charge in [0.1, 0.15) is 0 Å². The first kappa shape index (κ1) is 37.9. The lowest BCUT2D eigenvalue weighted by molar-refractivity contribution is -0.385. The largest absolute Gasteiger partial charge is 0.643 e. The van der Waals surface area contributed by atoms with Gasteiger partial charge in [-0.1, -0.05) is 46.4 Å². The Morgan fingerprint density at radius 2 is 1.22 bits per heavy atom. The van der Waals surface area contributed by atoms with E-state index >= 15 is 0 Å². The van der Waals surface area contributed by atoms with Crippen LogP contribution in [-0.2, 0) is 0 Å². The predicted molar refractivity (Wildman–Crippen MR) is 172 cm³/mol. The van der Waals surface area contributed by atoms with Gasteiger partial charge in [0.15, 0.2) is 0 Å². The number of halogens is 8. The monoisotopic (exact) mass is 770 g/mol. The predicted octanol–water partition coefficient (Wildman–Crippen LogP) is 10.9. The minimum absolute atomic E-state index is 0.0578. The first-order valence-corrected chi connectivity index (χ1v) is 19.1. The molecule has 41 heavy (non-hydrogen) atoms. The van der Waals surface area contributed by atoms with E-state index in [1.54, 1.807) is 22.8 Å². The number of thiophene rings is 2. The topological polar surface area (TPSA) is 120 Å². The highest BCUT2D eigenvalue weighted by Crippen LogP contribution is 2.30. The van der Waals surface area contributed by atoms with E-state index in [4.69, 9.17) is 88.2 Å². The molecule has 19 heteroatoms. The third kappa shape index (κ3) is 13.8. The molecule has 0 aliphatic rings. The highest BCUT2D eigenvalue weighted by molar-refractivity contribution is 7.54. The van der Waals surface area contributed by atoms with E-state index in [0.717, 1.165) is 17.2 Å². The number of carbonyl (C=O) groups excluding carboxylic acids is 2. The van der Waals surface area contributed by atoms with E-state index in [0.29, 0.717) is 9.90 Å². The Morgan fingerprint density at radius 1 is 0.732 bits per heavy atom. The van der Waals surface area contributed by atoms with E-state index in [-0.39, 0.29) is 32.5 Å². The van der Waals surface area contributed by atoms with Crippen LogP contribution in [-0.4, -0.2) is 32.3 Å². The number of rotatable bonds is 5. The van der Waals surface area contributed by atoms with Crippen molar-refractivity contribution in [3.05, 3.63) is 121 Å². The average Bonchev–Trinajstić information content (AvgIpc) is 3.55. The van der Waals surface area contributed by atoms with Crippen molar-refractivity contribution in [1.29, 1.82) is 0 Å². The van der Waals surface area contributed by atoms with Crippen LogP contribution in [0.1, 0.15) is 25.6 Å². The molecule has 4 aromatic rings. The Hall–Kier alpha value is -1.17. The first-order chi connectivity index (χ1) is 19.1. The zero-order valence-electron chi connectivity index (χ0n) is 19.6. The number of nitro benzene ring substituents is 2. The molecule has 0 fully saturated rings. The van der Waals surface area contributed by atoms with E-state index < -0.39 is 32.3 Å². The smallest absolute Gasteiger partial charge is 0.288 e. The van der Waals surface area contributed by atoms with E-state index in [1.807, 2.05) is 16.8 Å². The fourth-order valence-corrected chi connectivity index (χ4v) is 4.91. The van der Waals surface area contributed by atoms with Gasteiger partial charge in [0, 0.05) is 35.2 Å². The van der Waals surface area contributed by atoms with Crippen molar-refractivity contribution in [3.63, 3.8) is 0 Å². The van der Waals surface area contributed by atoms with Crippen molar-refractivity contribution in [1.82, 2.24) is 0 Å². The summed E-state index contributed by atoms with van der Waals surface area (Å²) in [6, 6.07) is 10.7. The molecule has 2 heterocycles. The van der Waals surface area contributed by atoms with Gasteiger partial charge in [-0.3, -0.25) is 29.8 Å². The molecule has 0 amide bonds. The zero-order chi connectivity index (χ0) is 31.3. The lowest BCUT2D eigenvalue weighted by atomic mass is 10.1. The van der Waals surface area contributed by atoms with Gasteiger partial charge in [0.2, 0.25) is 5.78 Å². The second-order valence-corrected chi connectivity index (χ2v) is 16.9. The number of nitro groups is 2. The molecule has 0 saturated carbocycles. The van der Waals surface area contributed by atoms with Crippen molar-refractivity contribution >= 4 is 145 Å². The van der Waals surface area contributed by atoms with E-state index in [9.17, 15) is 29.8 Å². The number of nitrogens with zero attached hydrogens (tertiary/aromatic N) is 2. The van der Waals surface area contributed by atoms with Crippen LogP contribution >= 0.6 is 111 Å². The van der Waals surface area contributed by atoms with Gasteiger partial charge in [-0.15, -0.1) is 11.3 Å². The molecule has 0 bridgehead atoms. The molecule has 0 aliphatic heterocycles. The Bertz CT molecular complexity index is 1500. The molecule has 0 saturated heterocycles. The summed E-state index contributed by atoms with van der Waals surface area (Å²) in [5.41, 5.74) is -0.378. The van der Waals surface area contributed by atoms with Gasteiger partial charge >= 0.3 is 11.4 Å². The molecule has 0 aliphatic carbocycles. The minimum atomic E-state index is -1.72. The molecule has 0 unspecified atom stereocenters. The van der Waals surface area contributed by atoms with E-state index in [2.05, 4.69) is 0 Å². The summed E-state index contributed by atoms with van der Waals surface area (Å²) in [6.45, 7) is 0. The molecule has 0 radical (unpaired) electrons. The summed E-state index contributed by atoms with van der Waals surface area (Å²) >= 11 is 29.0. The maximum absolute atomic E-state index is 12.1. The third-order valence-corrected chi connectivity index (χ3v) is 7.34. The lowest BCUT2D eigenvalue weighted by Crippen LogP contribution is -2.01. The van der Waals surface area contributed by atoms with Crippen LogP contribution in [0, 0.1) is 20.2 Å². The van der Waals surface area contributed by atoms with Crippen LogP contribution in [0.2, 0.25) is 20.1 Å². The number of ketones is 1. The van der Waals surface area contributed by atoms with Gasteiger partial charge in [0.05, 0.1) is 40.4 Å². The summed E-state index contributed by atoms with van der Waals surface area (Å²) in [7, 11) is 14.8. The molecular formula is C22H11AlCl8N2O6S2. The number of hydrogen-bond donors (Lipinski definition) is 0. The van der Waals surface area contributed by atoms with Gasteiger partial charge in [-0.2, -0.15) is 11.3 Å². The fourth-order valence-electron chi connectivity index (χ4n) is 2.40. The van der Waals surface area contributed by atoms with Crippen LogP contribution in [0.15, 0.2) is 64.7 Å². The van der Waals surface area contributed by atoms with Crippen LogP contribution < -0.4 is 0 Å². The molecular weight excluding hydrogens is 763 g/mol. The van der Waals surface area contributed by atoms with Crippen molar-refractivity contribution in [2.45, 2.75) is 0 Å². The Labute approximate surface area is 282 Å². The van der Waals surface area contributed by atoms with Crippen LogP contribution in [0.25, 0.3) is 0 Å². The first-order valence-electron chi connectivity index (χ1n) is 10.1.